The molecule has 18 heavy (non-hydrogen) atoms. The second-order valence-electron chi connectivity index (χ2n) is 5.54. The maximum absolute atomic E-state index is 12.3. The molecule has 1 aromatic rings. The number of rotatable bonds is 3. The summed E-state index contributed by atoms with van der Waals surface area (Å²) in [5.74, 6) is 0.156. The number of carbonyl (C=O) groups is 1. The third-order valence-electron chi connectivity index (χ3n) is 3.92. The van der Waals surface area contributed by atoms with Crippen molar-refractivity contribution in [2.45, 2.75) is 33.2 Å². The van der Waals surface area contributed by atoms with Gasteiger partial charge in [0.15, 0.2) is 0 Å². The van der Waals surface area contributed by atoms with Gasteiger partial charge in [-0.1, -0.05) is 24.3 Å². The van der Waals surface area contributed by atoms with Crippen molar-refractivity contribution in [3.05, 3.63) is 35.4 Å². The third kappa shape index (κ3) is 2.56. The van der Waals surface area contributed by atoms with Gasteiger partial charge in [0.1, 0.15) is 0 Å². The van der Waals surface area contributed by atoms with Crippen molar-refractivity contribution in [3.8, 4) is 0 Å². The zero-order valence-electron chi connectivity index (χ0n) is 11.4. The lowest BCUT2D eigenvalue weighted by Crippen LogP contribution is -2.41. The van der Waals surface area contributed by atoms with Gasteiger partial charge >= 0.3 is 0 Å². The third-order valence-corrected chi connectivity index (χ3v) is 3.92. The van der Waals surface area contributed by atoms with E-state index in [1.807, 2.05) is 26.0 Å². The van der Waals surface area contributed by atoms with E-state index < -0.39 is 0 Å². The fourth-order valence-electron chi connectivity index (χ4n) is 2.53. The summed E-state index contributed by atoms with van der Waals surface area (Å²) in [4.78, 5) is 12.3. The maximum atomic E-state index is 12.3. The molecule has 3 nitrogen and oxygen atoms in total. The average Bonchev–Trinajstić information content (AvgIpc) is 2.78. The van der Waals surface area contributed by atoms with Crippen molar-refractivity contribution < 1.29 is 4.79 Å². The van der Waals surface area contributed by atoms with E-state index in [0.29, 0.717) is 0 Å². The minimum atomic E-state index is -0.253. The highest BCUT2D eigenvalue weighted by molar-refractivity contribution is 5.83. The Hall–Kier alpha value is -1.35. The molecule has 0 radical (unpaired) electrons. The van der Waals surface area contributed by atoms with E-state index in [2.05, 4.69) is 29.7 Å². The molecule has 0 bridgehead atoms. The van der Waals surface area contributed by atoms with Crippen LogP contribution in [0.3, 0.4) is 0 Å². The van der Waals surface area contributed by atoms with Crippen molar-refractivity contribution in [1.29, 1.82) is 0 Å². The van der Waals surface area contributed by atoms with Gasteiger partial charge in [-0.3, -0.25) is 4.79 Å². The van der Waals surface area contributed by atoms with Gasteiger partial charge in [0.2, 0.25) is 5.91 Å². The van der Waals surface area contributed by atoms with Crippen LogP contribution < -0.4 is 10.6 Å². The molecule has 1 unspecified atom stereocenters. The van der Waals surface area contributed by atoms with Crippen LogP contribution in [0.15, 0.2) is 24.3 Å². The zero-order chi connectivity index (χ0) is 13.2. The van der Waals surface area contributed by atoms with Gasteiger partial charge < -0.3 is 10.6 Å². The van der Waals surface area contributed by atoms with E-state index in [1.54, 1.807) is 0 Å². The number of hydrogen-bond acceptors (Lipinski definition) is 2. The summed E-state index contributed by atoms with van der Waals surface area (Å²) < 4.78 is 0. The van der Waals surface area contributed by atoms with Crippen LogP contribution in [0, 0.1) is 12.3 Å². The molecule has 1 fully saturated rings. The fourth-order valence-corrected chi connectivity index (χ4v) is 2.53. The Morgan fingerprint density at radius 3 is 2.78 bits per heavy atom. The van der Waals surface area contributed by atoms with Crippen molar-refractivity contribution in [2.75, 3.05) is 13.1 Å². The highest BCUT2D eigenvalue weighted by Gasteiger charge is 2.36. The molecule has 1 saturated heterocycles. The summed E-state index contributed by atoms with van der Waals surface area (Å²) in [5.41, 5.74) is 2.16. The summed E-state index contributed by atoms with van der Waals surface area (Å²) in [6, 6.07) is 8.27. The summed E-state index contributed by atoms with van der Waals surface area (Å²) in [6.07, 6.45) is 0.916. The van der Waals surface area contributed by atoms with E-state index in [0.717, 1.165) is 19.5 Å². The Bertz CT molecular complexity index is 436. The van der Waals surface area contributed by atoms with Gasteiger partial charge in [0.05, 0.1) is 11.5 Å². The van der Waals surface area contributed by atoms with E-state index in [4.69, 9.17) is 0 Å². The molecule has 1 heterocycles. The van der Waals surface area contributed by atoms with Crippen LogP contribution in [0.2, 0.25) is 0 Å². The SMILES string of the molecule is Cc1ccccc1[C@@H](C)NC(=O)C1(C)CCNC1. The maximum Gasteiger partial charge on any atom is 0.227 e. The van der Waals surface area contributed by atoms with Crippen molar-refractivity contribution in [1.82, 2.24) is 10.6 Å². The number of amides is 1. The molecule has 1 aromatic carbocycles. The standard InChI is InChI=1S/C15H22N2O/c1-11-6-4-5-7-13(11)12(2)17-14(18)15(3)8-9-16-10-15/h4-7,12,16H,8-10H2,1-3H3,(H,17,18)/t12-,15?/m1/s1. The Kier molecular flexibility index (Phi) is 3.71. The molecule has 1 amide bonds. The Labute approximate surface area is 109 Å². The molecule has 98 valence electrons. The topological polar surface area (TPSA) is 41.1 Å². The minimum Gasteiger partial charge on any atom is -0.349 e. The van der Waals surface area contributed by atoms with E-state index in [9.17, 15) is 4.79 Å². The molecule has 0 saturated carbocycles. The van der Waals surface area contributed by atoms with Crippen LogP contribution in [-0.2, 0) is 4.79 Å². The first-order valence-corrected chi connectivity index (χ1v) is 6.60. The number of carbonyl (C=O) groups excluding carboxylic acids is 1. The van der Waals surface area contributed by atoms with Gasteiger partial charge in [0, 0.05) is 6.54 Å². The molecule has 2 atom stereocenters. The number of benzene rings is 1. The molecule has 3 heteroatoms. The summed E-state index contributed by atoms with van der Waals surface area (Å²) in [5, 5.41) is 6.40. The molecule has 0 spiro atoms. The Morgan fingerprint density at radius 1 is 1.44 bits per heavy atom. The van der Waals surface area contributed by atoms with Gasteiger partial charge in [0.25, 0.3) is 0 Å². The first kappa shape index (κ1) is 13.1. The Balaban J connectivity index is 2.06. The van der Waals surface area contributed by atoms with Crippen LogP contribution in [0.4, 0.5) is 0 Å². The monoisotopic (exact) mass is 246 g/mol. The van der Waals surface area contributed by atoms with E-state index in [-0.39, 0.29) is 17.4 Å². The van der Waals surface area contributed by atoms with Crippen LogP contribution in [0.5, 0.6) is 0 Å². The molecular formula is C15H22N2O. The largest absolute Gasteiger partial charge is 0.349 e. The molecule has 1 aliphatic rings. The van der Waals surface area contributed by atoms with Crippen molar-refractivity contribution in [2.24, 2.45) is 5.41 Å². The number of aryl methyl sites for hydroxylation is 1. The van der Waals surface area contributed by atoms with E-state index in [1.165, 1.54) is 11.1 Å². The molecule has 1 aliphatic heterocycles. The molecule has 0 aliphatic carbocycles. The Morgan fingerprint density at radius 2 is 2.17 bits per heavy atom. The van der Waals surface area contributed by atoms with Crippen LogP contribution in [0.25, 0.3) is 0 Å². The average molecular weight is 246 g/mol. The van der Waals surface area contributed by atoms with E-state index >= 15 is 0 Å². The quantitative estimate of drug-likeness (QED) is 0.858. The lowest BCUT2D eigenvalue weighted by Gasteiger charge is -2.25. The summed E-state index contributed by atoms with van der Waals surface area (Å²) in [6.45, 7) is 7.87. The van der Waals surface area contributed by atoms with Gasteiger partial charge in [-0.2, -0.15) is 0 Å². The lowest BCUT2D eigenvalue weighted by atomic mass is 9.88. The second kappa shape index (κ2) is 5.11. The highest BCUT2D eigenvalue weighted by Crippen LogP contribution is 2.26. The van der Waals surface area contributed by atoms with Gasteiger partial charge in [-0.05, 0) is 44.9 Å². The molecule has 2 N–H and O–H groups in total. The summed E-state index contributed by atoms with van der Waals surface area (Å²) >= 11 is 0. The summed E-state index contributed by atoms with van der Waals surface area (Å²) in [7, 11) is 0. The fraction of sp³-hybridized carbons (Fsp3) is 0.533. The highest BCUT2D eigenvalue weighted by atomic mass is 16.2. The van der Waals surface area contributed by atoms with Crippen molar-refractivity contribution in [3.63, 3.8) is 0 Å². The predicted octanol–water partition coefficient (Wildman–Crippen LogP) is 2.17. The van der Waals surface area contributed by atoms with Crippen LogP contribution in [0.1, 0.15) is 37.4 Å². The number of hydrogen-bond donors (Lipinski definition) is 2. The lowest BCUT2D eigenvalue weighted by molar-refractivity contribution is -0.129. The normalized spacial score (nSPS) is 24.8. The second-order valence-corrected chi connectivity index (χ2v) is 5.54. The van der Waals surface area contributed by atoms with Crippen LogP contribution >= 0.6 is 0 Å². The number of nitrogens with one attached hydrogen (secondary N) is 2. The van der Waals surface area contributed by atoms with Gasteiger partial charge in [-0.15, -0.1) is 0 Å². The predicted molar refractivity (Wildman–Crippen MR) is 73.3 cm³/mol. The zero-order valence-corrected chi connectivity index (χ0v) is 11.4. The van der Waals surface area contributed by atoms with Gasteiger partial charge in [-0.25, -0.2) is 0 Å². The van der Waals surface area contributed by atoms with Crippen LogP contribution in [-0.4, -0.2) is 19.0 Å². The molecule has 2 rings (SSSR count). The molecular weight excluding hydrogens is 224 g/mol. The minimum absolute atomic E-state index is 0.0659. The first-order chi connectivity index (χ1) is 8.53. The smallest absolute Gasteiger partial charge is 0.227 e. The first-order valence-electron chi connectivity index (χ1n) is 6.60. The molecule has 0 aromatic heterocycles. The van der Waals surface area contributed by atoms with Crippen molar-refractivity contribution >= 4 is 5.91 Å².